The third-order valence-corrected chi connectivity index (χ3v) is 6.38. The van der Waals surface area contributed by atoms with Gasteiger partial charge in [0.05, 0.1) is 6.61 Å². The van der Waals surface area contributed by atoms with E-state index in [1.165, 1.54) is 25.9 Å². The van der Waals surface area contributed by atoms with Crippen LogP contribution in [0.15, 0.2) is 40.8 Å². The van der Waals surface area contributed by atoms with Crippen molar-refractivity contribution >= 4 is 28.7 Å². The van der Waals surface area contributed by atoms with E-state index in [0.717, 1.165) is 41.9 Å². The summed E-state index contributed by atoms with van der Waals surface area (Å²) >= 11 is 0. The van der Waals surface area contributed by atoms with Gasteiger partial charge in [0.15, 0.2) is 5.58 Å². The number of likely N-dealkylation sites (tertiary alicyclic amines) is 1. The summed E-state index contributed by atoms with van der Waals surface area (Å²) in [4.78, 5) is 22.1. The van der Waals surface area contributed by atoms with Crippen molar-refractivity contribution in [2.45, 2.75) is 25.3 Å². The van der Waals surface area contributed by atoms with E-state index in [9.17, 15) is 4.79 Å². The number of rotatable bonds is 4. The second kappa shape index (κ2) is 7.02. The predicted octanol–water partition coefficient (Wildman–Crippen LogP) is 3.30. The molecule has 30 heavy (non-hydrogen) atoms. The number of anilines is 2. The number of aromatic nitrogens is 1. The zero-order valence-electron chi connectivity index (χ0n) is 16.8. The Morgan fingerprint density at radius 2 is 1.97 bits per heavy atom. The van der Waals surface area contributed by atoms with Gasteiger partial charge >= 0.3 is 0 Å². The van der Waals surface area contributed by atoms with Crippen LogP contribution in [-0.2, 0) is 6.42 Å². The lowest BCUT2D eigenvalue weighted by atomic mass is 10.1. The lowest BCUT2D eigenvalue weighted by Gasteiger charge is -2.43. The van der Waals surface area contributed by atoms with Gasteiger partial charge in [-0.1, -0.05) is 0 Å². The van der Waals surface area contributed by atoms with E-state index < -0.39 is 0 Å². The second-order valence-electron chi connectivity index (χ2n) is 8.36. The van der Waals surface area contributed by atoms with Crippen molar-refractivity contribution < 1.29 is 13.9 Å². The van der Waals surface area contributed by atoms with Crippen LogP contribution in [0, 0.1) is 0 Å². The molecule has 154 valence electrons. The van der Waals surface area contributed by atoms with Gasteiger partial charge in [0.1, 0.15) is 11.3 Å². The number of benzene rings is 2. The number of nitrogens with zero attached hydrogens (tertiary/aromatic N) is 3. The smallest absolute Gasteiger partial charge is 0.298 e. The molecule has 1 N–H and O–H groups in total. The summed E-state index contributed by atoms with van der Waals surface area (Å²) in [7, 11) is 0. The molecule has 0 atom stereocenters. The number of carbonyl (C=O) groups is 1. The number of hydrogen-bond acceptors (Lipinski definition) is 6. The molecule has 0 aliphatic carbocycles. The van der Waals surface area contributed by atoms with Gasteiger partial charge in [0.2, 0.25) is 0 Å². The van der Waals surface area contributed by atoms with Crippen molar-refractivity contribution in [3.8, 4) is 5.75 Å². The molecular formula is C23H24N4O3. The molecule has 2 fully saturated rings. The molecule has 3 aromatic rings. The molecule has 0 spiro atoms. The Bertz CT molecular complexity index is 1110. The highest BCUT2D eigenvalue weighted by Gasteiger charge is 2.35. The van der Waals surface area contributed by atoms with Crippen LogP contribution in [-0.4, -0.2) is 54.6 Å². The first kappa shape index (κ1) is 17.8. The number of hydrogen-bond donors (Lipinski definition) is 1. The summed E-state index contributed by atoms with van der Waals surface area (Å²) < 4.78 is 11.5. The highest BCUT2D eigenvalue weighted by Crippen LogP contribution is 2.30. The maximum absolute atomic E-state index is 12.7. The van der Waals surface area contributed by atoms with Crippen molar-refractivity contribution in [3.63, 3.8) is 0 Å². The summed E-state index contributed by atoms with van der Waals surface area (Å²) in [6.07, 6.45) is 3.47. The summed E-state index contributed by atoms with van der Waals surface area (Å²) in [6.45, 7) is 5.05. The first-order chi connectivity index (χ1) is 14.7. The SMILES string of the molecule is O=C(Nc1ccc2oc(N3CC(N4CCCC4)C3)nc2c1)c1ccc2c(c1)CCO2. The Kier molecular flexibility index (Phi) is 4.16. The topological polar surface area (TPSA) is 70.8 Å². The minimum absolute atomic E-state index is 0.135. The monoisotopic (exact) mass is 404 g/mol. The van der Waals surface area contributed by atoms with Gasteiger partial charge in [-0.25, -0.2) is 0 Å². The average molecular weight is 404 g/mol. The Balaban J connectivity index is 1.15. The van der Waals surface area contributed by atoms with Gasteiger partial charge in [-0.2, -0.15) is 4.98 Å². The number of ether oxygens (including phenoxy) is 1. The predicted molar refractivity (Wildman–Crippen MR) is 114 cm³/mol. The normalized spacial score (nSPS) is 19.0. The fourth-order valence-electron chi connectivity index (χ4n) is 4.61. The summed E-state index contributed by atoms with van der Waals surface area (Å²) in [5.41, 5.74) is 3.93. The van der Waals surface area contributed by atoms with Crippen molar-refractivity contribution in [2.75, 3.05) is 43.0 Å². The minimum atomic E-state index is -0.135. The van der Waals surface area contributed by atoms with Gasteiger partial charge in [-0.05, 0) is 67.9 Å². The van der Waals surface area contributed by atoms with Gasteiger partial charge in [-0.15, -0.1) is 0 Å². The number of nitrogens with one attached hydrogen (secondary N) is 1. The molecule has 0 bridgehead atoms. The van der Waals surface area contributed by atoms with E-state index in [1.807, 2.05) is 30.3 Å². The van der Waals surface area contributed by atoms with Crippen LogP contribution in [0.5, 0.6) is 5.75 Å². The van der Waals surface area contributed by atoms with Crippen molar-refractivity contribution in [2.24, 2.45) is 0 Å². The molecule has 3 aliphatic rings. The molecule has 0 radical (unpaired) electrons. The van der Waals surface area contributed by atoms with Crippen LogP contribution in [0.25, 0.3) is 11.1 Å². The van der Waals surface area contributed by atoms with E-state index >= 15 is 0 Å². The molecule has 7 nitrogen and oxygen atoms in total. The molecule has 6 rings (SSSR count). The standard InChI is InChI=1S/C23H24N4O3/c28-22(16-3-5-20-15(11-16)7-10-29-20)24-17-4-6-21-19(12-17)25-23(30-21)27-13-18(14-27)26-8-1-2-9-26/h3-6,11-12,18H,1-2,7-10,13-14H2,(H,24,28). The van der Waals surface area contributed by atoms with Crippen molar-refractivity contribution in [3.05, 3.63) is 47.5 Å². The lowest BCUT2D eigenvalue weighted by molar-refractivity contribution is 0.102. The largest absolute Gasteiger partial charge is 0.493 e. The van der Waals surface area contributed by atoms with Crippen LogP contribution < -0.4 is 15.0 Å². The third-order valence-electron chi connectivity index (χ3n) is 6.38. The van der Waals surface area contributed by atoms with Crippen LogP contribution in [0.4, 0.5) is 11.7 Å². The molecule has 2 saturated heterocycles. The number of amides is 1. The Morgan fingerprint density at radius 3 is 2.83 bits per heavy atom. The van der Waals surface area contributed by atoms with E-state index in [1.54, 1.807) is 6.07 Å². The number of fused-ring (bicyclic) bond motifs is 2. The van der Waals surface area contributed by atoms with Crippen LogP contribution in [0.3, 0.4) is 0 Å². The fraction of sp³-hybridized carbons (Fsp3) is 0.391. The van der Waals surface area contributed by atoms with Crippen molar-refractivity contribution in [1.29, 1.82) is 0 Å². The zero-order chi connectivity index (χ0) is 20.1. The van der Waals surface area contributed by atoms with E-state index in [4.69, 9.17) is 9.15 Å². The summed E-state index contributed by atoms with van der Waals surface area (Å²) in [6, 6.07) is 12.5. The Hall–Kier alpha value is -3.06. The van der Waals surface area contributed by atoms with E-state index in [0.29, 0.717) is 29.9 Å². The quantitative estimate of drug-likeness (QED) is 0.720. The second-order valence-corrected chi connectivity index (χ2v) is 8.36. The van der Waals surface area contributed by atoms with Crippen molar-refractivity contribution in [1.82, 2.24) is 9.88 Å². The van der Waals surface area contributed by atoms with Gasteiger partial charge in [0.25, 0.3) is 11.9 Å². The maximum atomic E-state index is 12.7. The van der Waals surface area contributed by atoms with E-state index in [-0.39, 0.29) is 5.91 Å². The molecule has 7 heteroatoms. The Morgan fingerprint density at radius 1 is 1.10 bits per heavy atom. The highest BCUT2D eigenvalue weighted by molar-refractivity contribution is 6.05. The molecule has 2 aromatic carbocycles. The highest BCUT2D eigenvalue weighted by atomic mass is 16.5. The van der Waals surface area contributed by atoms with E-state index in [2.05, 4.69) is 20.1 Å². The summed E-state index contributed by atoms with van der Waals surface area (Å²) in [5.74, 6) is 0.741. The molecule has 0 saturated carbocycles. The minimum Gasteiger partial charge on any atom is -0.493 e. The third kappa shape index (κ3) is 3.10. The average Bonchev–Trinajstić information content (AvgIpc) is 3.46. The zero-order valence-corrected chi connectivity index (χ0v) is 16.8. The van der Waals surface area contributed by atoms with Crippen LogP contribution >= 0.6 is 0 Å². The van der Waals surface area contributed by atoms with Crippen LogP contribution in [0.1, 0.15) is 28.8 Å². The van der Waals surface area contributed by atoms with Gasteiger partial charge in [-0.3, -0.25) is 9.69 Å². The Labute approximate surface area is 174 Å². The molecule has 3 aliphatic heterocycles. The number of oxazole rings is 1. The molecular weight excluding hydrogens is 380 g/mol. The number of carbonyl (C=O) groups excluding carboxylic acids is 1. The molecule has 4 heterocycles. The fourth-order valence-corrected chi connectivity index (χ4v) is 4.61. The maximum Gasteiger partial charge on any atom is 0.298 e. The first-order valence-electron chi connectivity index (χ1n) is 10.7. The molecule has 0 unspecified atom stereocenters. The van der Waals surface area contributed by atoms with Gasteiger partial charge in [0, 0.05) is 36.8 Å². The summed E-state index contributed by atoms with van der Waals surface area (Å²) in [5, 5.41) is 2.97. The lowest BCUT2D eigenvalue weighted by Crippen LogP contribution is -2.59. The molecule has 1 amide bonds. The first-order valence-corrected chi connectivity index (χ1v) is 10.7. The van der Waals surface area contributed by atoms with Gasteiger partial charge < -0.3 is 19.4 Å². The van der Waals surface area contributed by atoms with Crippen LogP contribution in [0.2, 0.25) is 0 Å². The molecule has 1 aromatic heterocycles.